The molecular weight excluding hydrogens is 198 g/mol. The second-order valence-electron chi connectivity index (χ2n) is 3.62. The number of benzene rings is 1. The molecule has 0 atom stereocenters. The summed E-state index contributed by atoms with van der Waals surface area (Å²) in [6.07, 6.45) is 2.84. The summed E-state index contributed by atoms with van der Waals surface area (Å²) in [6.45, 7) is 2.11. The van der Waals surface area contributed by atoms with E-state index in [0.717, 1.165) is 24.9 Å². The molecule has 0 spiro atoms. The molecule has 0 aliphatic carbocycles. The summed E-state index contributed by atoms with van der Waals surface area (Å²) >= 11 is 0. The fourth-order valence-corrected chi connectivity index (χ4v) is 1.36. The average Bonchev–Trinajstić information content (AvgIpc) is 2.35. The molecule has 0 aliphatic rings. The molecule has 1 rings (SSSR count). The number of hydrogen-bond donors (Lipinski definition) is 0. The third-order valence-electron chi connectivity index (χ3n) is 2.30. The van der Waals surface area contributed by atoms with Gasteiger partial charge < -0.3 is 0 Å². The minimum atomic E-state index is 0.591. The van der Waals surface area contributed by atoms with Crippen LogP contribution >= 0.6 is 0 Å². The number of para-hydroxylation sites is 1. The van der Waals surface area contributed by atoms with Crippen molar-refractivity contribution in [1.29, 1.82) is 5.26 Å². The van der Waals surface area contributed by atoms with Crippen LogP contribution in [-0.4, -0.2) is 12.8 Å². The molecule has 84 valence electrons. The quantitative estimate of drug-likeness (QED) is 0.559. The van der Waals surface area contributed by atoms with Crippen molar-refractivity contribution in [3.8, 4) is 6.07 Å². The summed E-state index contributed by atoms with van der Waals surface area (Å²) in [7, 11) is 1.86. The molecule has 3 nitrogen and oxygen atoms in total. The molecule has 0 fully saturated rings. The zero-order chi connectivity index (χ0) is 11.8. The Morgan fingerprint density at radius 1 is 1.38 bits per heavy atom. The molecule has 0 heterocycles. The van der Waals surface area contributed by atoms with Crippen LogP contribution in [0.2, 0.25) is 0 Å². The first-order valence-corrected chi connectivity index (χ1v) is 5.54. The highest BCUT2D eigenvalue weighted by molar-refractivity contribution is 5.98. The van der Waals surface area contributed by atoms with Gasteiger partial charge >= 0.3 is 0 Å². The second-order valence-corrected chi connectivity index (χ2v) is 3.62. The van der Waals surface area contributed by atoms with Crippen LogP contribution in [0.5, 0.6) is 0 Å². The predicted molar refractivity (Wildman–Crippen MR) is 67.4 cm³/mol. The topological polar surface area (TPSA) is 39.4 Å². The zero-order valence-corrected chi connectivity index (χ0v) is 9.85. The molecular formula is C13H17N3. The van der Waals surface area contributed by atoms with E-state index in [4.69, 9.17) is 5.26 Å². The van der Waals surface area contributed by atoms with Crippen LogP contribution in [0.15, 0.2) is 35.4 Å². The van der Waals surface area contributed by atoms with Gasteiger partial charge in [0.2, 0.25) is 0 Å². The van der Waals surface area contributed by atoms with Crippen LogP contribution in [0.4, 0.5) is 5.69 Å². The Morgan fingerprint density at radius 3 is 2.62 bits per heavy atom. The number of hydrazone groups is 1. The maximum Gasteiger partial charge on any atom is 0.138 e. The molecule has 1 aromatic carbocycles. The van der Waals surface area contributed by atoms with Crippen molar-refractivity contribution in [3.63, 3.8) is 0 Å². The largest absolute Gasteiger partial charge is 0.268 e. The molecule has 0 bridgehead atoms. The van der Waals surface area contributed by atoms with Gasteiger partial charge in [-0.1, -0.05) is 31.5 Å². The van der Waals surface area contributed by atoms with E-state index < -0.39 is 0 Å². The van der Waals surface area contributed by atoms with Gasteiger partial charge in [-0.3, -0.25) is 5.01 Å². The highest BCUT2D eigenvalue weighted by atomic mass is 15.4. The van der Waals surface area contributed by atoms with E-state index in [9.17, 15) is 0 Å². The van der Waals surface area contributed by atoms with Gasteiger partial charge in [0, 0.05) is 13.5 Å². The van der Waals surface area contributed by atoms with Crippen molar-refractivity contribution in [2.75, 3.05) is 12.1 Å². The monoisotopic (exact) mass is 215 g/mol. The lowest BCUT2D eigenvalue weighted by Gasteiger charge is -2.13. The Hall–Kier alpha value is -1.82. The molecule has 0 aromatic heterocycles. The summed E-state index contributed by atoms with van der Waals surface area (Å²) in [5.41, 5.74) is 1.58. The van der Waals surface area contributed by atoms with Gasteiger partial charge in [0.1, 0.15) is 11.8 Å². The van der Waals surface area contributed by atoms with Crippen LogP contribution in [-0.2, 0) is 0 Å². The van der Waals surface area contributed by atoms with Crippen molar-refractivity contribution in [2.45, 2.75) is 26.2 Å². The number of hydrogen-bond acceptors (Lipinski definition) is 3. The number of rotatable bonds is 5. The third kappa shape index (κ3) is 3.74. The van der Waals surface area contributed by atoms with E-state index in [1.807, 2.05) is 37.4 Å². The van der Waals surface area contributed by atoms with E-state index in [1.54, 1.807) is 5.01 Å². The fraction of sp³-hybridized carbons (Fsp3) is 0.385. The molecule has 0 radical (unpaired) electrons. The van der Waals surface area contributed by atoms with Crippen molar-refractivity contribution in [2.24, 2.45) is 5.10 Å². The molecule has 0 amide bonds. The third-order valence-corrected chi connectivity index (χ3v) is 2.30. The second kappa shape index (κ2) is 6.62. The summed E-state index contributed by atoms with van der Waals surface area (Å²) in [5, 5.41) is 15.0. The van der Waals surface area contributed by atoms with E-state index >= 15 is 0 Å². The summed E-state index contributed by atoms with van der Waals surface area (Å²) in [4.78, 5) is 0. The van der Waals surface area contributed by atoms with Crippen LogP contribution in [0.1, 0.15) is 26.2 Å². The van der Waals surface area contributed by atoms with Crippen molar-refractivity contribution >= 4 is 11.4 Å². The molecule has 0 aliphatic heterocycles. The van der Waals surface area contributed by atoms with Crippen molar-refractivity contribution < 1.29 is 0 Å². The Bertz CT molecular complexity index is 376. The lowest BCUT2D eigenvalue weighted by atomic mass is 10.2. The Labute approximate surface area is 97.0 Å². The SMILES string of the molecule is CCCC/C(C#N)=N/N(C)c1ccccc1. The van der Waals surface area contributed by atoms with E-state index in [2.05, 4.69) is 18.1 Å². The fourth-order valence-electron chi connectivity index (χ4n) is 1.36. The first-order valence-electron chi connectivity index (χ1n) is 5.54. The van der Waals surface area contributed by atoms with Crippen molar-refractivity contribution in [3.05, 3.63) is 30.3 Å². The smallest absolute Gasteiger partial charge is 0.138 e. The number of nitriles is 1. The molecule has 3 heteroatoms. The van der Waals surface area contributed by atoms with Gasteiger partial charge in [0.15, 0.2) is 0 Å². The van der Waals surface area contributed by atoms with Gasteiger partial charge in [0.25, 0.3) is 0 Å². The van der Waals surface area contributed by atoms with Crippen molar-refractivity contribution in [1.82, 2.24) is 0 Å². The first-order chi connectivity index (χ1) is 7.77. The summed E-state index contributed by atoms with van der Waals surface area (Å²) < 4.78 is 0. The maximum atomic E-state index is 8.94. The number of nitrogens with zero attached hydrogens (tertiary/aromatic N) is 3. The van der Waals surface area contributed by atoms with Gasteiger partial charge in [-0.15, -0.1) is 0 Å². The highest BCUT2D eigenvalue weighted by Gasteiger charge is 2.01. The average molecular weight is 215 g/mol. The zero-order valence-electron chi connectivity index (χ0n) is 9.85. The number of unbranched alkanes of at least 4 members (excludes halogenated alkanes) is 1. The lowest BCUT2D eigenvalue weighted by molar-refractivity contribution is 0.831. The van der Waals surface area contributed by atoms with E-state index in [1.165, 1.54) is 0 Å². The number of anilines is 1. The van der Waals surface area contributed by atoms with E-state index in [0.29, 0.717) is 5.71 Å². The molecule has 1 aromatic rings. The van der Waals surface area contributed by atoms with Crippen LogP contribution < -0.4 is 5.01 Å². The minimum Gasteiger partial charge on any atom is -0.268 e. The highest BCUT2D eigenvalue weighted by Crippen LogP contribution is 2.11. The molecule has 0 saturated carbocycles. The van der Waals surface area contributed by atoms with Crippen LogP contribution in [0.3, 0.4) is 0 Å². The van der Waals surface area contributed by atoms with Gasteiger partial charge in [-0.2, -0.15) is 10.4 Å². The maximum absolute atomic E-state index is 8.94. The molecule has 0 N–H and O–H groups in total. The standard InChI is InChI=1S/C13H17N3/c1-3-4-8-12(11-14)15-16(2)13-9-6-5-7-10-13/h5-7,9-10H,3-4,8H2,1-2H3/b15-12-. The first kappa shape index (κ1) is 12.3. The molecule has 16 heavy (non-hydrogen) atoms. The molecule has 0 saturated heterocycles. The van der Waals surface area contributed by atoms with Crippen LogP contribution in [0.25, 0.3) is 0 Å². The van der Waals surface area contributed by atoms with Gasteiger partial charge in [-0.05, 0) is 18.6 Å². The predicted octanol–water partition coefficient (Wildman–Crippen LogP) is 3.19. The Balaban J connectivity index is 2.71. The Morgan fingerprint density at radius 2 is 2.06 bits per heavy atom. The summed E-state index contributed by atoms with van der Waals surface area (Å²) in [6, 6.07) is 12.0. The van der Waals surface area contributed by atoms with Gasteiger partial charge in [-0.25, -0.2) is 0 Å². The molecule has 0 unspecified atom stereocenters. The Kier molecular flexibility index (Phi) is 5.07. The lowest BCUT2D eigenvalue weighted by Crippen LogP contribution is -2.12. The van der Waals surface area contributed by atoms with Crippen LogP contribution in [0, 0.1) is 11.3 Å². The van der Waals surface area contributed by atoms with E-state index in [-0.39, 0.29) is 0 Å². The minimum absolute atomic E-state index is 0.591. The van der Waals surface area contributed by atoms with Gasteiger partial charge in [0.05, 0.1) is 5.69 Å². The normalized spacial score (nSPS) is 10.9. The summed E-state index contributed by atoms with van der Waals surface area (Å²) in [5.74, 6) is 0.